The van der Waals surface area contributed by atoms with Gasteiger partial charge in [0.25, 0.3) is 0 Å². The number of anilines is 1. The van der Waals surface area contributed by atoms with Gasteiger partial charge in [-0.05, 0) is 32.4 Å². The number of rotatable bonds is 4. The van der Waals surface area contributed by atoms with Gasteiger partial charge in [-0.2, -0.15) is 0 Å². The molecular formula is C22H27N5OS. The monoisotopic (exact) mass is 409 g/mol. The third kappa shape index (κ3) is 4.74. The summed E-state index contributed by atoms with van der Waals surface area (Å²) in [6.07, 6.45) is 1.66. The van der Waals surface area contributed by atoms with Crippen LogP contribution in [0.4, 0.5) is 5.82 Å². The third-order valence-corrected chi connectivity index (χ3v) is 6.01. The molecule has 1 aliphatic heterocycles. The van der Waals surface area contributed by atoms with Crippen LogP contribution in [0.1, 0.15) is 20.8 Å². The van der Waals surface area contributed by atoms with Crippen molar-refractivity contribution in [2.45, 2.75) is 26.3 Å². The lowest BCUT2D eigenvalue weighted by Crippen LogP contribution is -2.52. The van der Waals surface area contributed by atoms with Crippen molar-refractivity contribution in [3.8, 4) is 10.4 Å². The minimum atomic E-state index is -0.194. The Balaban J connectivity index is 1.46. The van der Waals surface area contributed by atoms with Crippen LogP contribution in [0.2, 0.25) is 0 Å². The third-order valence-electron chi connectivity index (χ3n) is 4.92. The van der Waals surface area contributed by atoms with Crippen LogP contribution < -0.4 is 10.2 Å². The minimum Gasteiger partial charge on any atom is -0.353 e. The van der Waals surface area contributed by atoms with Crippen LogP contribution in [0.15, 0.2) is 42.7 Å². The van der Waals surface area contributed by atoms with E-state index in [0.717, 1.165) is 42.2 Å². The summed E-state index contributed by atoms with van der Waals surface area (Å²) in [4.78, 5) is 28.0. The number of carbonyl (C=O) groups excluding carboxylic acids is 1. The number of hydrogen-bond donors (Lipinski definition) is 1. The Hall–Kier alpha value is -2.51. The van der Waals surface area contributed by atoms with Crippen molar-refractivity contribution in [3.63, 3.8) is 0 Å². The first kappa shape index (κ1) is 19.8. The Kier molecular flexibility index (Phi) is 5.52. The van der Waals surface area contributed by atoms with E-state index >= 15 is 0 Å². The van der Waals surface area contributed by atoms with Crippen molar-refractivity contribution in [3.05, 3.63) is 42.7 Å². The number of benzene rings is 1. The zero-order valence-corrected chi connectivity index (χ0v) is 18.0. The topological polar surface area (TPSA) is 61.4 Å². The van der Waals surface area contributed by atoms with Gasteiger partial charge in [0.1, 0.15) is 17.0 Å². The Morgan fingerprint density at radius 1 is 1.10 bits per heavy atom. The first-order chi connectivity index (χ1) is 13.9. The van der Waals surface area contributed by atoms with Crippen molar-refractivity contribution in [1.82, 2.24) is 20.2 Å². The molecule has 1 fully saturated rings. The molecule has 0 radical (unpaired) electrons. The molecule has 29 heavy (non-hydrogen) atoms. The second-order valence-corrected chi connectivity index (χ2v) is 9.48. The van der Waals surface area contributed by atoms with Gasteiger partial charge in [-0.15, -0.1) is 11.3 Å². The predicted molar refractivity (Wildman–Crippen MR) is 119 cm³/mol. The van der Waals surface area contributed by atoms with Crippen LogP contribution in [0.5, 0.6) is 0 Å². The van der Waals surface area contributed by atoms with Gasteiger partial charge in [0.05, 0.1) is 11.9 Å². The number of piperazine rings is 1. The molecule has 0 aliphatic carbocycles. The van der Waals surface area contributed by atoms with Crippen LogP contribution in [0.25, 0.3) is 20.7 Å². The highest BCUT2D eigenvalue weighted by molar-refractivity contribution is 7.21. The summed E-state index contributed by atoms with van der Waals surface area (Å²) in [5, 5.41) is 4.15. The molecule has 1 saturated heterocycles. The van der Waals surface area contributed by atoms with Crippen LogP contribution >= 0.6 is 11.3 Å². The summed E-state index contributed by atoms with van der Waals surface area (Å²) in [6.45, 7) is 9.87. The molecule has 0 atom stereocenters. The fraction of sp³-hybridized carbons (Fsp3) is 0.409. The second-order valence-electron chi connectivity index (χ2n) is 8.45. The molecule has 1 N–H and O–H groups in total. The highest BCUT2D eigenvalue weighted by Gasteiger charge is 2.23. The molecule has 1 aliphatic rings. The average molecular weight is 410 g/mol. The summed E-state index contributed by atoms with van der Waals surface area (Å²) >= 11 is 1.70. The second kappa shape index (κ2) is 8.08. The van der Waals surface area contributed by atoms with Gasteiger partial charge in [0.15, 0.2) is 0 Å². The molecule has 0 bridgehead atoms. The largest absolute Gasteiger partial charge is 0.353 e. The van der Waals surface area contributed by atoms with E-state index in [-0.39, 0.29) is 11.4 Å². The maximum atomic E-state index is 12.2. The SMILES string of the molecule is CC(C)(C)NC(=O)CN1CCN(c2ncnc3sc(-c4ccccc4)cc23)CC1. The summed E-state index contributed by atoms with van der Waals surface area (Å²) in [5.74, 6) is 1.08. The molecule has 0 spiro atoms. The molecule has 3 aromatic rings. The molecule has 2 aromatic heterocycles. The van der Waals surface area contributed by atoms with E-state index in [1.165, 1.54) is 10.4 Å². The van der Waals surface area contributed by atoms with Crippen molar-refractivity contribution < 1.29 is 4.79 Å². The Morgan fingerprint density at radius 3 is 2.52 bits per heavy atom. The first-order valence-corrected chi connectivity index (χ1v) is 10.8. The number of thiophene rings is 1. The summed E-state index contributed by atoms with van der Waals surface area (Å²) in [6, 6.07) is 12.6. The van der Waals surface area contributed by atoms with Gasteiger partial charge in [-0.3, -0.25) is 9.69 Å². The zero-order chi connectivity index (χ0) is 20.4. The molecule has 6 nitrogen and oxygen atoms in total. The number of hydrogen-bond acceptors (Lipinski definition) is 6. The molecule has 1 aromatic carbocycles. The molecule has 0 unspecified atom stereocenters. The normalized spacial score (nSPS) is 15.6. The van der Waals surface area contributed by atoms with E-state index in [2.05, 4.69) is 55.4 Å². The van der Waals surface area contributed by atoms with Crippen LogP contribution in [-0.2, 0) is 4.79 Å². The van der Waals surface area contributed by atoms with Gasteiger partial charge in [0.2, 0.25) is 5.91 Å². The average Bonchev–Trinajstić information content (AvgIpc) is 3.12. The number of fused-ring (bicyclic) bond motifs is 1. The van der Waals surface area contributed by atoms with Gasteiger partial charge in [0, 0.05) is 36.6 Å². The van der Waals surface area contributed by atoms with Crippen molar-refractivity contribution in [2.24, 2.45) is 0 Å². The van der Waals surface area contributed by atoms with Crippen LogP contribution in [0.3, 0.4) is 0 Å². The van der Waals surface area contributed by atoms with E-state index in [1.807, 2.05) is 26.8 Å². The highest BCUT2D eigenvalue weighted by Crippen LogP contribution is 2.36. The number of amides is 1. The lowest BCUT2D eigenvalue weighted by molar-refractivity contribution is -0.123. The van der Waals surface area contributed by atoms with E-state index in [4.69, 9.17) is 0 Å². The van der Waals surface area contributed by atoms with Crippen LogP contribution in [-0.4, -0.2) is 59.0 Å². The van der Waals surface area contributed by atoms with Gasteiger partial charge < -0.3 is 10.2 Å². The fourth-order valence-corrected chi connectivity index (χ4v) is 4.62. The minimum absolute atomic E-state index is 0.0840. The highest BCUT2D eigenvalue weighted by atomic mass is 32.1. The molecule has 7 heteroatoms. The Labute approximate surface area is 175 Å². The van der Waals surface area contributed by atoms with Crippen molar-refractivity contribution in [2.75, 3.05) is 37.6 Å². The summed E-state index contributed by atoms with van der Waals surface area (Å²) in [7, 11) is 0. The van der Waals surface area contributed by atoms with E-state index in [0.29, 0.717) is 6.54 Å². The fourth-order valence-electron chi connectivity index (χ4n) is 3.62. The number of nitrogens with zero attached hydrogens (tertiary/aromatic N) is 4. The van der Waals surface area contributed by atoms with Gasteiger partial charge in [-0.1, -0.05) is 30.3 Å². The van der Waals surface area contributed by atoms with Gasteiger partial charge in [-0.25, -0.2) is 9.97 Å². The van der Waals surface area contributed by atoms with E-state index in [1.54, 1.807) is 17.7 Å². The standard InChI is InChI=1S/C22H27N5OS/c1-22(2,3)25-19(28)14-26-9-11-27(12-10-26)20-17-13-18(16-7-5-4-6-8-16)29-21(17)24-15-23-20/h4-8,13,15H,9-12,14H2,1-3H3,(H,25,28). The smallest absolute Gasteiger partial charge is 0.234 e. The quantitative estimate of drug-likeness (QED) is 0.716. The summed E-state index contributed by atoms with van der Waals surface area (Å²) in [5.41, 5.74) is 1.01. The number of aromatic nitrogens is 2. The lowest BCUT2D eigenvalue weighted by Gasteiger charge is -2.35. The maximum absolute atomic E-state index is 12.2. The molecule has 0 saturated carbocycles. The zero-order valence-electron chi connectivity index (χ0n) is 17.2. The molecule has 3 heterocycles. The Bertz CT molecular complexity index is 987. The molecule has 1 amide bonds. The Morgan fingerprint density at radius 2 is 1.83 bits per heavy atom. The van der Waals surface area contributed by atoms with Gasteiger partial charge >= 0.3 is 0 Å². The maximum Gasteiger partial charge on any atom is 0.234 e. The van der Waals surface area contributed by atoms with Crippen LogP contribution in [0, 0.1) is 0 Å². The molecule has 152 valence electrons. The molecule has 4 rings (SSSR count). The van der Waals surface area contributed by atoms with E-state index < -0.39 is 0 Å². The summed E-state index contributed by atoms with van der Waals surface area (Å²) < 4.78 is 0. The number of carbonyl (C=O) groups is 1. The number of nitrogens with one attached hydrogen (secondary N) is 1. The van der Waals surface area contributed by atoms with E-state index in [9.17, 15) is 4.79 Å². The predicted octanol–water partition coefficient (Wildman–Crippen LogP) is 3.40. The first-order valence-electron chi connectivity index (χ1n) is 9.97. The lowest BCUT2D eigenvalue weighted by atomic mass is 10.1. The molecular weight excluding hydrogens is 382 g/mol. The van der Waals surface area contributed by atoms with Crippen molar-refractivity contribution in [1.29, 1.82) is 0 Å². The van der Waals surface area contributed by atoms with Crippen molar-refractivity contribution >= 4 is 33.3 Å².